The van der Waals surface area contributed by atoms with Crippen LogP contribution in [0.2, 0.25) is 0 Å². The molecule has 0 aliphatic heterocycles. The van der Waals surface area contributed by atoms with Crippen LogP contribution in [0, 0.1) is 0 Å². The summed E-state index contributed by atoms with van der Waals surface area (Å²) in [6.45, 7) is 0. The maximum Gasteiger partial charge on any atom is 0.409 e. The van der Waals surface area contributed by atoms with Gasteiger partial charge in [-0.2, -0.15) is 13.2 Å². The van der Waals surface area contributed by atoms with Crippen molar-refractivity contribution in [2.75, 3.05) is 13.4 Å². The first-order valence-corrected chi connectivity index (χ1v) is 7.12. The van der Waals surface area contributed by atoms with Crippen LogP contribution in [0.3, 0.4) is 0 Å². The lowest BCUT2D eigenvalue weighted by Crippen LogP contribution is -2.07. The van der Waals surface area contributed by atoms with E-state index in [1.165, 1.54) is 6.07 Å². The third-order valence-electron chi connectivity index (χ3n) is 2.29. The molecule has 0 radical (unpaired) electrons. The molecule has 0 fully saturated rings. The summed E-state index contributed by atoms with van der Waals surface area (Å²) < 4.78 is 63.9. The zero-order chi connectivity index (χ0) is 15.6. The monoisotopic (exact) mass is 308 g/mol. The molecule has 0 aromatic heterocycles. The van der Waals surface area contributed by atoms with Crippen LogP contribution in [0.5, 0.6) is 0 Å². The van der Waals surface area contributed by atoms with Crippen LogP contribution in [-0.2, 0) is 14.6 Å². The Kier molecular flexibility index (Phi) is 4.59. The van der Waals surface area contributed by atoms with Gasteiger partial charge in [-0.05, 0) is 23.8 Å². The van der Waals surface area contributed by atoms with E-state index >= 15 is 0 Å². The van der Waals surface area contributed by atoms with Gasteiger partial charge >= 0.3 is 12.1 Å². The number of ether oxygens (including phenoxy) is 1. The number of benzene rings is 1. The van der Waals surface area contributed by atoms with E-state index in [0.29, 0.717) is 6.08 Å². The van der Waals surface area contributed by atoms with Crippen molar-refractivity contribution in [1.82, 2.24) is 0 Å². The third kappa shape index (κ3) is 4.37. The summed E-state index contributed by atoms with van der Waals surface area (Å²) in [5, 5.41) is 0. The standard InChI is InChI=1S/C12H11F3O4S/c1-19-11(16)9-4-3-8(5-6-12(13,14)15)10(7-9)20(2,17)18/h3-7H,1-2H3. The fraction of sp³-hybridized carbons (Fsp3) is 0.250. The predicted molar refractivity (Wildman–Crippen MR) is 66.0 cm³/mol. The molecule has 0 aliphatic carbocycles. The van der Waals surface area contributed by atoms with Crippen molar-refractivity contribution >= 4 is 21.9 Å². The Balaban J connectivity index is 3.40. The van der Waals surface area contributed by atoms with Crippen molar-refractivity contribution in [3.8, 4) is 0 Å². The topological polar surface area (TPSA) is 60.4 Å². The van der Waals surface area contributed by atoms with E-state index < -0.39 is 22.0 Å². The SMILES string of the molecule is COC(=O)c1ccc(C=CC(F)(F)F)c(S(C)(=O)=O)c1. The van der Waals surface area contributed by atoms with Crippen LogP contribution in [0.4, 0.5) is 13.2 Å². The highest BCUT2D eigenvalue weighted by Gasteiger charge is 2.23. The lowest BCUT2D eigenvalue weighted by Gasteiger charge is -2.07. The quantitative estimate of drug-likeness (QED) is 0.805. The first kappa shape index (κ1) is 16.2. The summed E-state index contributed by atoms with van der Waals surface area (Å²) >= 11 is 0. The molecule has 20 heavy (non-hydrogen) atoms. The number of carbonyl (C=O) groups is 1. The number of carbonyl (C=O) groups excluding carboxylic acids is 1. The van der Waals surface area contributed by atoms with E-state index in [0.717, 1.165) is 25.5 Å². The lowest BCUT2D eigenvalue weighted by molar-refractivity contribution is -0.0790. The molecule has 1 aromatic carbocycles. The number of methoxy groups -OCH3 is 1. The van der Waals surface area contributed by atoms with Gasteiger partial charge in [-0.15, -0.1) is 0 Å². The molecule has 0 atom stereocenters. The van der Waals surface area contributed by atoms with Crippen LogP contribution >= 0.6 is 0 Å². The summed E-state index contributed by atoms with van der Waals surface area (Å²) in [5.41, 5.74) is -0.213. The molecule has 0 spiro atoms. The van der Waals surface area contributed by atoms with Crippen molar-refractivity contribution in [2.24, 2.45) is 0 Å². The number of allylic oxidation sites excluding steroid dienone is 1. The second kappa shape index (κ2) is 5.66. The molecule has 1 rings (SSSR count). The number of hydrogen-bond acceptors (Lipinski definition) is 4. The Morgan fingerprint density at radius 2 is 1.90 bits per heavy atom. The minimum atomic E-state index is -4.56. The van der Waals surface area contributed by atoms with Crippen molar-refractivity contribution in [1.29, 1.82) is 0 Å². The average Bonchev–Trinajstić information content (AvgIpc) is 2.33. The van der Waals surface area contributed by atoms with Gasteiger partial charge in [0.15, 0.2) is 9.84 Å². The Labute approximate surface area is 113 Å². The first-order valence-electron chi connectivity index (χ1n) is 5.23. The molecule has 8 heteroatoms. The van der Waals surface area contributed by atoms with Gasteiger partial charge in [0.1, 0.15) is 0 Å². The molecule has 0 amide bonds. The summed E-state index contributed by atoms with van der Waals surface area (Å²) in [6, 6.07) is 3.29. The Morgan fingerprint density at radius 1 is 1.30 bits per heavy atom. The van der Waals surface area contributed by atoms with Crippen molar-refractivity contribution < 1.29 is 31.1 Å². The molecule has 0 aliphatic rings. The second-order valence-electron chi connectivity index (χ2n) is 3.89. The van der Waals surface area contributed by atoms with E-state index in [-0.39, 0.29) is 22.1 Å². The third-order valence-corrected chi connectivity index (χ3v) is 3.44. The van der Waals surface area contributed by atoms with Gasteiger partial charge in [0, 0.05) is 12.3 Å². The van der Waals surface area contributed by atoms with Crippen molar-refractivity contribution in [3.05, 3.63) is 35.4 Å². The van der Waals surface area contributed by atoms with Crippen LogP contribution in [-0.4, -0.2) is 33.9 Å². The van der Waals surface area contributed by atoms with Crippen LogP contribution in [0.1, 0.15) is 15.9 Å². The first-order chi connectivity index (χ1) is 9.04. The lowest BCUT2D eigenvalue weighted by atomic mass is 10.1. The van der Waals surface area contributed by atoms with Gasteiger partial charge in [0.25, 0.3) is 0 Å². The largest absolute Gasteiger partial charge is 0.465 e. The highest BCUT2D eigenvalue weighted by atomic mass is 32.2. The summed E-state index contributed by atoms with van der Waals surface area (Å²) in [7, 11) is -2.68. The highest BCUT2D eigenvalue weighted by Crippen LogP contribution is 2.23. The Hall–Kier alpha value is -1.83. The van der Waals surface area contributed by atoms with Crippen LogP contribution in [0.15, 0.2) is 29.2 Å². The van der Waals surface area contributed by atoms with Gasteiger partial charge in [0.05, 0.1) is 17.6 Å². The van der Waals surface area contributed by atoms with Crippen LogP contribution < -0.4 is 0 Å². The smallest absolute Gasteiger partial charge is 0.409 e. The second-order valence-corrected chi connectivity index (χ2v) is 5.88. The van der Waals surface area contributed by atoms with Crippen molar-refractivity contribution in [3.63, 3.8) is 0 Å². The molecule has 4 nitrogen and oxygen atoms in total. The fourth-order valence-electron chi connectivity index (χ4n) is 1.42. The zero-order valence-electron chi connectivity index (χ0n) is 10.6. The van der Waals surface area contributed by atoms with Crippen molar-refractivity contribution in [2.45, 2.75) is 11.1 Å². The molecule has 1 aromatic rings. The average molecular weight is 308 g/mol. The van der Waals surface area contributed by atoms with Gasteiger partial charge in [-0.3, -0.25) is 0 Å². The maximum absolute atomic E-state index is 12.1. The molecular weight excluding hydrogens is 297 g/mol. The molecule has 0 N–H and O–H groups in total. The van der Waals surface area contributed by atoms with Gasteiger partial charge in [0.2, 0.25) is 0 Å². The zero-order valence-corrected chi connectivity index (χ0v) is 11.4. The van der Waals surface area contributed by atoms with E-state index in [2.05, 4.69) is 4.74 Å². The van der Waals surface area contributed by atoms with Gasteiger partial charge in [-0.1, -0.05) is 6.07 Å². The molecule has 0 unspecified atom stereocenters. The highest BCUT2D eigenvalue weighted by molar-refractivity contribution is 7.90. The van der Waals surface area contributed by atoms with Gasteiger partial charge in [-0.25, -0.2) is 13.2 Å². The maximum atomic E-state index is 12.1. The Morgan fingerprint density at radius 3 is 2.35 bits per heavy atom. The fourth-order valence-corrected chi connectivity index (χ4v) is 2.33. The molecular formula is C12H11F3O4S. The molecule has 0 bridgehead atoms. The normalized spacial score (nSPS) is 12.7. The molecule has 110 valence electrons. The van der Waals surface area contributed by atoms with E-state index in [4.69, 9.17) is 0 Å². The summed E-state index contributed by atoms with van der Waals surface area (Å²) in [5.74, 6) is -0.777. The number of hydrogen-bond donors (Lipinski definition) is 0. The minimum absolute atomic E-state index is 0.0583. The van der Waals surface area contributed by atoms with E-state index in [1.807, 2.05) is 0 Å². The minimum Gasteiger partial charge on any atom is -0.465 e. The summed E-state index contributed by atoms with van der Waals surface area (Å²) in [4.78, 5) is 10.9. The predicted octanol–water partition coefficient (Wildman–Crippen LogP) is 2.45. The number of esters is 1. The van der Waals surface area contributed by atoms with E-state index in [1.54, 1.807) is 0 Å². The Bertz CT molecular complexity index is 645. The number of alkyl halides is 3. The molecule has 0 heterocycles. The molecule has 0 saturated carbocycles. The number of rotatable bonds is 3. The number of sulfone groups is 1. The van der Waals surface area contributed by atoms with E-state index in [9.17, 15) is 26.4 Å². The van der Waals surface area contributed by atoms with Gasteiger partial charge < -0.3 is 4.74 Å². The number of halogens is 3. The van der Waals surface area contributed by atoms with Crippen LogP contribution in [0.25, 0.3) is 6.08 Å². The molecule has 0 saturated heterocycles. The summed E-state index contributed by atoms with van der Waals surface area (Å²) in [6.07, 6.45) is -3.16.